The molecule has 142 valence electrons. The highest BCUT2D eigenvalue weighted by molar-refractivity contribution is 7.89. The second-order valence-corrected chi connectivity index (χ2v) is 9.03. The quantitative estimate of drug-likeness (QED) is 0.813. The summed E-state index contributed by atoms with van der Waals surface area (Å²) >= 11 is 0. The molecule has 0 unspecified atom stereocenters. The highest BCUT2D eigenvalue weighted by atomic mass is 32.2. The number of benzene rings is 1. The van der Waals surface area contributed by atoms with Crippen molar-refractivity contribution < 1.29 is 13.2 Å². The predicted octanol–water partition coefficient (Wildman–Crippen LogP) is 1.85. The summed E-state index contributed by atoms with van der Waals surface area (Å²) in [7, 11) is -1.78. The molecule has 0 spiro atoms. The van der Waals surface area contributed by atoms with Crippen LogP contribution in [0.1, 0.15) is 36.5 Å². The molecule has 26 heavy (non-hydrogen) atoms. The van der Waals surface area contributed by atoms with Crippen molar-refractivity contribution >= 4 is 15.9 Å². The van der Waals surface area contributed by atoms with Gasteiger partial charge in [0.2, 0.25) is 10.0 Å². The molecule has 2 heterocycles. The molecule has 1 fully saturated rings. The van der Waals surface area contributed by atoms with Gasteiger partial charge in [-0.05, 0) is 57.5 Å². The number of piperidine rings is 1. The summed E-state index contributed by atoms with van der Waals surface area (Å²) in [6, 6.07) is 6.63. The first-order valence-corrected chi connectivity index (χ1v) is 10.6. The van der Waals surface area contributed by atoms with Crippen LogP contribution in [0.3, 0.4) is 0 Å². The first-order chi connectivity index (χ1) is 12.4. The standard InChI is InChI=1S/C19H27N3O3S/c1-15-8-12-22(13-9-15)26(24,25)18-5-3-4-16(14-18)19(23)21(2)17-6-10-20-11-7-17/h3-5,8,14,17,20H,6-7,9-13H2,1-2H3. The van der Waals surface area contributed by atoms with Gasteiger partial charge in [0.25, 0.3) is 5.91 Å². The van der Waals surface area contributed by atoms with Crippen molar-refractivity contribution in [2.24, 2.45) is 0 Å². The minimum Gasteiger partial charge on any atom is -0.339 e. The Balaban J connectivity index is 1.80. The minimum atomic E-state index is -3.58. The maximum atomic E-state index is 12.9. The van der Waals surface area contributed by atoms with Crippen LogP contribution in [0.25, 0.3) is 0 Å². The average Bonchev–Trinajstić information content (AvgIpc) is 2.68. The third-order valence-electron chi connectivity index (χ3n) is 5.29. The van der Waals surface area contributed by atoms with Gasteiger partial charge >= 0.3 is 0 Å². The molecule has 0 bridgehead atoms. The Kier molecular flexibility index (Phi) is 5.79. The summed E-state index contributed by atoms with van der Waals surface area (Å²) in [5.41, 5.74) is 1.64. The Morgan fingerprint density at radius 2 is 2.00 bits per heavy atom. The fourth-order valence-corrected chi connectivity index (χ4v) is 4.90. The number of nitrogens with one attached hydrogen (secondary N) is 1. The summed E-state index contributed by atoms with van der Waals surface area (Å²) in [6.45, 7) is 4.69. The Labute approximate surface area is 155 Å². The predicted molar refractivity (Wildman–Crippen MR) is 102 cm³/mol. The molecule has 0 radical (unpaired) electrons. The Hall–Kier alpha value is -1.70. The van der Waals surface area contributed by atoms with Gasteiger partial charge in [-0.1, -0.05) is 17.7 Å². The van der Waals surface area contributed by atoms with Gasteiger partial charge in [-0.3, -0.25) is 4.79 Å². The van der Waals surface area contributed by atoms with Gasteiger partial charge in [0, 0.05) is 31.7 Å². The number of hydrogen-bond donors (Lipinski definition) is 1. The van der Waals surface area contributed by atoms with E-state index in [1.807, 2.05) is 13.0 Å². The molecule has 1 aromatic rings. The molecule has 1 aromatic carbocycles. The molecule has 0 atom stereocenters. The molecule has 0 aliphatic carbocycles. The zero-order valence-electron chi connectivity index (χ0n) is 15.4. The molecule has 0 aromatic heterocycles. The normalized spacial score (nSPS) is 19.8. The first kappa shape index (κ1) is 19.1. The van der Waals surface area contributed by atoms with Crippen molar-refractivity contribution in [1.29, 1.82) is 0 Å². The maximum Gasteiger partial charge on any atom is 0.253 e. The van der Waals surface area contributed by atoms with Gasteiger partial charge in [-0.15, -0.1) is 0 Å². The lowest BCUT2D eigenvalue weighted by atomic mass is 10.0. The lowest BCUT2D eigenvalue weighted by molar-refractivity contribution is 0.0703. The van der Waals surface area contributed by atoms with Crippen molar-refractivity contribution in [3.63, 3.8) is 0 Å². The van der Waals surface area contributed by atoms with Gasteiger partial charge in [-0.25, -0.2) is 8.42 Å². The van der Waals surface area contributed by atoms with Crippen molar-refractivity contribution in [1.82, 2.24) is 14.5 Å². The minimum absolute atomic E-state index is 0.122. The molecule has 7 heteroatoms. The van der Waals surface area contributed by atoms with Crippen LogP contribution in [0.5, 0.6) is 0 Å². The summed E-state index contributed by atoms with van der Waals surface area (Å²) in [6.07, 6.45) is 4.52. The Morgan fingerprint density at radius 1 is 1.27 bits per heavy atom. The Bertz CT molecular complexity index is 798. The molecule has 2 aliphatic heterocycles. The van der Waals surface area contributed by atoms with Crippen LogP contribution in [0.4, 0.5) is 0 Å². The summed E-state index contributed by atoms with van der Waals surface area (Å²) in [4.78, 5) is 14.8. The monoisotopic (exact) mass is 377 g/mol. The molecule has 1 amide bonds. The van der Waals surface area contributed by atoms with Crippen molar-refractivity contribution in [3.8, 4) is 0 Å². The fourth-order valence-electron chi connectivity index (χ4n) is 3.47. The van der Waals surface area contributed by atoms with Gasteiger partial charge in [0.05, 0.1) is 4.90 Å². The van der Waals surface area contributed by atoms with Gasteiger partial charge in [0.15, 0.2) is 0 Å². The molecule has 0 saturated carbocycles. The van der Waals surface area contributed by atoms with Crippen molar-refractivity contribution in [2.75, 3.05) is 33.2 Å². The van der Waals surface area contributed by atoms with Crippen LogP contribution in [0.2, 0.25) is 0 Å². The number of rotatable bonds is 4. The molecule has 2 aliphatic rings. The lowest BCUT2D eigenvalue weighted by Gasteiger charge is -2.32. The summed E-state index contributed by atoms with van der Waals surface area (Å²) in [5, 5.41) is 3.29. The van der Waals surface area contributed by atoms with Gasteiger partial charge in [0.1, 0.15) is 0 Å². The number of amides is 1. The number of carbonyl (C=O) groups excluding carboxylic acids is 1. The SMILES string of the molecule is CC1=CCN(S(=O)(=O)c2cccc(C(=O)N(C)C3CCNCC3)c2)CC1. The van der Waals surface area contributed by atoms with Crippen LogP contribution in [0, 0.1) is 0 Å². The fraction of sp³-hybridized carbons (Fsp3) is 0.526. The smallest absolute Gasteiger partial charge is 0.253 e. The third-order valence-corrected chi connectivity index (χ3v) is 7.16. The molecule has 1 saturated heterocycles. The molecular formula is C19H27N3O3S. The number of nitrogens with zero attached hydrogens (tertiary/aromatic N) is 2. The average molecular weight is 378 g/mol. The van der Waals surface area contributed by atoms with Crippen LogP contribution in [-0.4, -0.2) is 62.8 Å². The second kappa shape index (κ2) is 7.90. The van der Waals surface area contributed by atoms with E-state index in [1.54, 1.807) is 30.1 Å². The van der Waals surface area contributed by atoms with E-state index < -0.39 is 10.0 Å². The van der Waals surface area contributed by atoms with Crippen LogP contribution in [-0.2, 0) is 10.0 Å². The zero-order chi connectivity index (χ0) is 18.7. The summed E-state index contributed by atoms with van der Waals surface area (Å²) in [5.74, 6) is -0.122. The van der Waals surface area contributed by atoms with Crippen molar-refractivity contribution in [2.45, 2.75) is 37.1 Å². The number of sulfonamides is 1. The van der Waals surface area contributed by atoms with E-state index in [2.05, 4.69) is 5.32 Å². The van der Waals surface area contributed by atoms with Crippen LogP contribution in [0.15, 0.2) is 40.8 Å². The highest BCUT2D eigenvalue weighted by Crippen LogP contribution is 2.22. The summed E-state index contributed by atoms with van der Waals surface area (Å²) < 4.78 is 27.3. The molecule has 6 nitrogen and oxygen atoms in total. The van der Waals surface area contributed by atoms with E-state index in [-0.39, 0.29) is 16.8 Å². The first-order valence-electron chi connectivity index (χ1n) is 9.13. The van der Waals surface area contributed by atoms with Gasteiger partial charge in [-0.2, -0.15) is 4.31 Å². The van der Waals surface area contributed by atoms with Crippen LogP contribution >= 0.6 is 0 Å². The zero-order valence-corrected chi connectivity index (χ0v) is 16.3. The van der Waals surface area contributed by atoms with E-state index in [1.165, 1.54) is 15.9 Å². The third kappa shape index (κ3) is 4.00. The van der Waals surface area contributed by atoms with E-state index >= 15 is 0 Å². The lowest BCUT2D eigenvalue weighted by Crippen LogP contribution is -2.44. The molecule has 3 rings (SSSR count). The van der Waals surface area contributed by atoms with E-state index in [0.29, 0.717) is 18.7 Å². The largest absolute Gasteiger partial charge is 0.339 e. The van der Waals surface area contributed by atoms with Crippen molar-refractivity contribution in [3.05, 3.63) is 41.5 Å². The van der Waals surface area contributed by atoms with E-state index in [9.17, 15) is 13.2 Å². The van der Waals surface area contributed by atoms with Gasteiger partial charge < -0.3 is 10.2 Å². The molecule has 1 N–H and O–H groups in total. The maximum absolute atomic E-state index is 12.9. The van der Waals surface area contributed by atoms with E-state index in [4.69, 9.17) is 0 Å². The van der Waals surface area contributed by atoms with Crippen LogP contribution < -0.4 is 5.32 Å². The molecular weight excluding hydrogens is 350 g/mol. The van der Waals surface area contributed by atoms with E-state index in [0.717, 1.165) is 32.4 Å². The number of carbonyl (C=O) groups is 1. The highest BCUT2D eigenvalue weighted by Gasteiger charge is 2.27. The topological polar surface area (TPSA) is 69.7 Å². The number of hydrogen-bond acceptors (Lipinski definition) is 4. The Morgan fingerprint density at radius 3 is 2.65 bits per heavy atom. The second-order valence-electron chi connectivity index (χ2n) is 7.09.